The zero-order valence-electron chi connectivity index (χ0n) is 17.3. The largest absolute Gasteiger partial charge is 0.361 e. The van der Waals surface area contributed by atoms with Gasteiger partial charge in [-0.1, -0.05) is 47.1 Å². The van der Waals surface area contributed by atoms with Crippen LogP contribution in [-0.4, -0.2) is 22.7 Å². The molecule has 6 nitrogen and oxygen atoms in total. The average molecular weight is 424 g/mol. The van der Waals surface area contributed by atoms with Crippen LogP contribution in [0, 0.1) is 20.8 Å². The molecule has 0 aliphatic rings. The maximum Gasteiger partial charge on any atom is 0.253 e. The molecule has 0 saturated heterocycles. The van der Waals surface area contributed by atoms with Crippen LogP contribution in [0.5, 0.6) is 0 Å². The van der Waals surface area contributed by atoms with E-state index < -0.39 is 0 Å². The zero-order valence-corrected chi connectivity index (χ0v) is 18.1. The predicted octanol–water partition coefficient (Wildman–Crippen LogP) is 4.40. The maximum absolute atomic E-state index is 12.6. The minimum atomic E-state index is -0.227. The van der Waals surface area contributed by atoms with E-state index >= 15 is 0 Å². The molecule has 0 bridgehead atoms. The molecule has 2 aromatic carbocycles. The average Bonchev–Trinajstić information content (AvgIpc) is 3.05. The second kappa shape index (κ2) is 10.1. The lowest BCUT2D eigenvalue weighted by atomic mass is 10.1. The lowest BCUT2D eigenvalue weighted by Gasteiger charge is -2.12. The smallest absolute Gasteiger partial charge is 0.253 e. The summed E-state index contributed by atoms with van der Waals surface area (Å²) in [6.07, 6.45) is 0. The van der Waals surface area contributed by atoms with Crippen molar-refractivity contribution in [2.75, 3.05) is 11.1 Å². The lowest BCUT2D eigenvalue weighted by Crippen LogP contribution is -2.25. The number of hydrogen-bond acceptors (Lipinski definition) is 5. The van der Waals surface area contributed by atoms with Gasteiger partial charge in [-0.05, 0) is 38.5 Å². The van der Waals surface area contributed by atoms with Crippen molar-refractivity contribution in [3.8, 4) is 0 Å². The van der Waals surface area contributed by atoms with Crippen molar-refractivity contribution in [3.63, 3.8) is 0 Å². The molecule has 2 amide bonds. The van der Waals surface area contributed by atoms with Gasteiger partial charge >= 0.3 is 0 Å². The molecule has 156 valence electrons. The number of nitrogens with zero attached hydrogens (tertiary/aromatic N) is 1. The molecule has 0 spiro atoms. The highest BCUT2D eigenvalue weighted by Crippen LogP contribution is 2.20. The summed E-state index contributed by atoms with van der Waals surface area (Å²) >= 11 is 1.48. The standard InChI is InChI=1S/C23H25N3O3S/c1-15-8-10-18(11-9-15)12-24-23(28)19-6-4-5-7-21(19)25-22(27)14-30-13-20-16(2)26-29-17(20)3/h4-11H,12-14H2,1-3H3,(H,24,28)(H,25,27). The summed E-state index contributed by atoms with van der Waals surface area (Å²) in [7, 11) is 0. The maximum atomic E-state index is 12.6. The van der Waals surface area contributed by atoms with Crippen molar-refractivity contribution >= 4 is 29.3 Å². The first kappa shape index (κ1) is 21.6. The van der Waals surface area contributed by atoms with E-state index in [9.17, 15) is 9.59 Å². The highest BCUT2D eigenvalue weighted by Gasteiger charge is 2.14. The number of amides is 2. The van der Waals surface area contributed by atoms with Gasteiger partial charge in [-0.15, -0.1) is 11.8 Å². The fourth-order valence-corrected chi connectivity index (χ4v) is 3.89. The van der Waals surface area contributed by atoms with Crippen molar-refractivity contribution < 1.29 is 14.1 Å². The van der Waals surface area contributed by atoms with Gasteiger partial charge in [0.25, 0.3) is 5.91 Å². The third-order valence-electron chi connectivity index (χ3n) is 4.68. The van der Waals surface area contributed by atoms with E-state index in [1.807, 2.05) is 45.0 Å². The van der Waals surface area contributed by atoms with Gasteiger partial charge < -0.3 is 15.2 Å². The molecule has 0 aliphatic carbocycles. The summed E-state index contributed by atoms with van der Waals surface area (Å²) in [6, 6.07) is 15.0. The van der Waals surface area contributed by atoms with E-state index in [4.69, 9.17) is 4.52 Å². The van der Waals surface area contributed by atoms with E-state index in [0.717, 1.165) is 22.6 Å². The van der Waals surface area contributed by atoms with Gasteiger partial charge in [-0.3, -0.25) is 9.59 Å². The van der Waals surface area contributed by atoms with Gasteiger partial charge in [0.1, 0.15) is 5.76 Å². The number of anilines is 1. The number of aromatic nitrogens is 1. The van der Waals surface area contributed by atoms with Gasteiger partial charge in [0.15, 0.2) is 0 Å². The Morgan fingerprint density at radius 1 is 1.03 bits per heavy atom. The van der Waals surface area contributed by atoms with E-state index in [1.54, 1.807) is 24.3 Å². The monoisotopic (exact) mass is 423 g/mol. The molecule has 2 N–H and O–H groups in total. The second-order valence-electron chi connectivity index (χ2n) is 7.06. The van der Waals surface area contributed by atoms with Crippen LogP contribution >= 0.6 is 11.8 Å². The molecule has 3 rings (SSSR count). The van der Waals surface area contributed by atoms with Crippen LogP contribution in [0.25, 0.3) is 0 Å². The molecule has 3 aromatic rings. The SMILES string of the molecule is Cc1ccc(CNC(=O)c2ccccc2NC(=O)CSCc2c(C)noc2C)cc1. The zero-order chi connectivity index (χ0) is 21.5. The Balaban J connectivity index is 1.55. The fourth-order valence-electron chi connectivity index (χ4n) is 2.91. The molecule has 0 radical (unpaired) electrons. The number of benzene rings is 2. The number of carbonyl (C=O) groups excluding carboxylic acids is 2. The Morgan fingerprint density at radius 2 is 1.77 bits per heavy atom. The van der Waals surface area contributed by atoms with Crippen LogP contribution in [0.3, 0.4) is 0 Å². The topological polar surface area (TPSA) is 84.2 Å². The van der Waals surface area contributed by atoms with E-state index in [1.165, 1.54) is 17.3 Å². The van der Waals surface area contributed by atoms with Crippen molar-refractivity contribution in [2.45, 2.75) is 33.1 Å². The molecule has 0 unspecified atom stereocenters. The quantitative estimate of drug-likeness (QED) is 0.561. The van der Waals surface area contributed by atoms with E-state index in [0.29, 0.717) is 23.5 Å². The van der Waals surface area contributed by atoms with Crippen LogP contribution in [0.2, 0.25) is 0 Å². The van der Waals surface area contributed by atoms with Crippen LogP contribution < -0.4 is 10.6 Å². The Hall–Kier alpha value is -3.06. The molecule has 7 heteroatoms. The lowest BCUT2D eigenvalue weighted by molar-refractivity contribution is -0.113. The summed E-state index contributed by atoms with van der Waals surface area (Å²) in [5, 5.41) is 9.68. The molecular weight excluding hydrogens is 398 g/mol. The molecule has 1 heterocycles. The summed E-state index contributed by atoms with van der Waals surface area (Å²) in [6.45, 7) is 6.20. The van der Waals surface area contributed by atoms with Gasteiger partial charge in [-0.25, -0.2) is 0 Å². The first-order valence-electron chi connectivity index (χ1n) is 9.66. The number of hydrogen-bond donors (Lipinski definition) is 2. The minimum absolute atomic E-state index is 0.162. The second-order valence-corrected chi connectivity index (χ2v) is 8.04. The van der Waals surface area contributed by atoms with Crippen LogP contribution in [-0.2, 0) is 17.1 Å². The predicted molar refractivity (Wildman–Crippen MR) is 120 cm³/mol. The molecule has 30 heavy (non-hydrogen) atoms. The molecule has 1 aromatic heterocycles. The van der Waals surface area contributed by atoms with Gasteiger partial charge in [-0.2, -0.15) is 0 Å². The van der Waals surface area contributed by atoms with Crippen molar-refractivity contribution in [2.24, 2.45) is 0 Å². The number of nitrogens with one attached hydrogen (secondary N) is 2. The molecule has 0 aliphatic heterocycles. The number of para-hydroxylation sites is 1. The first-order valence-corrected chi connectivity index (χ1v) is 10.8. The third-order valence-corrected chi connectivity index (χ3v) is 5.64. The molecule has 0 fully saturated rings. The molecular formula is C23H25N3O3S. The first-order chi connectivity index (χ1) is 14.4. The van der Waals surface area contributed by atoms with E-state index in [-0.39, 0.29) is 17.6 Å². The number of rotatable bonds is 8. The fraction of sp³-hybridized carbons (Fsp3) is 0.261. The molecule has 0 saturated carbocycles. The highest BCUT2D eigenvalue weighted by molar-refractivity contribution is 7.99. The van der Waals surface area contributed by atoms with Crippen molar-refractivity contribution in [1.29, 1.82) is 0 Å². The van der Waals surface area contributed by atoms with E-state index in [2.05, 4.69) is 15.8 Å². The van der Waals surface area contributed by atoms with Crippen LogP contribution in [0.1, 0.15) is 38.5 Å². The van der Waals surface area contributed by atoms with Crippen LogP contribution in [0.4, 0.5) is 5.69 Å². The number of thioether (sulfide) groups is 1. The highest BCUT2D eigenvalue weighted by atomic mass is 32.2. The normalized spacial score (nSPS) is 10.6. The van der Waals surface area contributed by atoms with Gasteiger partial charge in [0, 0.05) is 17.9 Å². The van der Waals surface area contributed by atoms with Gasteiger partial charge in [0.05, 0.1) is 22.7 Å². The Morgan fingerprint density at radius 3 is 2.47 bits per heavy atom. The van der Waals surface area contributed by atoms with Crippen molar-refractivity contribution in [1.82, 2.24) is 10.5 Å². The third kappa shape index (κ3) is 5.73. The Labute approximate surface area is 180 Å². The van der Waals surface area contributed by atoms with Crippen molar-refractivity contribution in [3.05, 3.63) is 82.2 Å². The number of carbonyl (C=O) groups is 2. The minimum Gasteiger partial charge on any atom is -0.361 e. The van der Waals surface area contributed by atoms with Gasteiger partial charge in [0.2, 0.25) is 5.91 Å². The summed E-state index contributed by atoms with van der Waals surface area (Å²) in [5.41, 5.74) is 4.99. The Kier molecular flexibility index (Phi) is 7.30. The summed E-state index contributed by atoms with van der Waals surface area (Å²) in [5.74, 6) is 1.30. The summed E-state index contributed by atoms with van der Waals surface area (Å²) < 4.78 is 5.14. The number of aryl methyl sites for hydroxylation is 3. The summed E-state index contributed by atoms with van der Waals surface area (Å²) in [4.78, 5) is 25.0. The van der Waals surface area contributed by atoms with Crippen LogP contribution in [0.15, 0.2) is 53.1 Å². The molecule has 0 atom stereocenters. The Bertz CT molecular complexity index is 1010.